The van der Waals surface area contributed by atoms with Crippen LogP contribution < -0.4 is 11.2 Å². The highest BCUT2D eigenvalue weighted by Crippen LogP contribution is 2.16. The van der Waals surface area contributed by atoms with Crippen LogP contribution >= 0.6 is 11.6 Å². The van der Waals surface area contributed by atoms with Crippen molar-refractivity contribution in [1.29, 1.82) is 0 Å². The predicted octanol–water partition coefficient (Wildman–Crippen LogP) is 1.39. The Morgan fingerprint density at radius 3 is 2.57 bits per heavy atom. The smallest absolute Gasteiger partial charge is 0.172 e. The van der Waals surface area contributed by atoms with Crippen molar-refractivity contribution < 1.29 is 0 Å². The molecule has 0 fully saturated rings. The predicted molar refractivity (Wildman–Crippen MR) is 54.9 cm³/mol. The maximum Gasteiger partial charge on any atom is 0.172 e. The summed E-state index contributed by atoms with van der Waals surface area (Å²) in [6, 6.07) is 7.26. The summed E-state index contributed by atoms with van der Waals surface area (Å²) in [4.78, 5) is 1.16. The van der Waals surface area contributed by atoms with Crippen LogP contribution in [0.2, 0.25) is 5.02 Å². The van der Waals surface area contributed by atoms with Gasteiger partial charge in [-0.05, 0) is 29.5 Å². The van der Waals surface area contributed by atoms with E-state index in [4.69, 9.17) is 17.4 Å². The third-order valence-electron chi connectivity index (χ3n) is 1.69. The number of hydrogen-bond donors (Lipinski definition) is 2. The van der Waals surface area contributed by atoms with Crippen molar-refractivity contribution in [2.45, 2.75) is 0 Å². The van der Waals surface area contributed by atoms with E-state index in [2.05, 4.69) is 15.6 Å². The van der Waals surface area contributed by atoms with E-state index in [-0.39, 0.29) is 0 Å². The van der Waals surface area contributed by atoms with E-state index in [1.54, 1.807) is 12.1 Å². The summed E-state index contributed by atoms with van der Waals surface area (Å²) in [6.45, 7) is 0. The summed E-state index contributed by atoms with van der Waals surface area (Å²) in [7, 11) is 0. The molecule has 1 aromatic heterocycles. The van der Waals surface area contributed by atoms with Gasteiger partial charge in [0.2, 0.25) is 0 Å². The Morgan fingerprint density at radius 1 is 1.29 bits per heavy atom. The first-order chi connectivity index (χ1) is 6.75. The summed E-state index contributed by atoms with van der Waals surface area (Å²) in [5, 5.41) is 10.9. The van der Waals surface area contributed by atoms with Crippen LogP contribution in [0.15, 0.2) is 30.5 Å². The molecule has 2 aromatic rings. The third-order valence-corrected chi connectivity index (χ3v) is 1.94. The van der Waals surface area contributed by atoms with E-state index in [1.807, 2.05) is 12.1 Å². The minimum atomic E-state index is 0.618. The monoisotopic (exact) mass is 209 g/mol. The number of nitrogen functional groups attached to an aromatic ring is 1. The highest BCUT2D eigenvalue weighted by atomic mass is 35.5. The molecule has 0 saturated heterocycles. The fraction of sp³-hybridized carbons (Fsp3) is 0. The van der Waals surface area contributed by atoms with Crippen molar-refractivity contribution in [3.63, 3.8) is 0 Å². The van der Waals surface area contributed by atoms with Gasteiger partial charge >= 0.3 is 0 Å². The zero-order valence-corrected chi connectivity index (χ0v) is 7.94. The molecule has 0 radical (unpaired) electrons. The van der Waals surface area contributed by atoms with E-state index in [0.717, 1.165) is 10.5 Å². The van der Waals surface area contributed by atoms with Crippen LogP contribution in [-0.2, 0) is 0 Å². The molecule has 6 heteroatoms. The SMILES string of the molecule is Nn1nncc1Nc1ccc(Cl)cc1. The Labute approximate surface area is 85.4 Å². The lowest BCUT2D eigenvalue weighted by atomic mass is 10.3. The molecular formula is C8H8ClN5. The Hall–Kier alpha value is -1.75. The molecule has 72 valence electrons. The van der Waals surface area contributed by atoms with E-state index < -0.39 is 0 Å². The summed E-state index contributed by atoms with van der Waals surface area (Å²) in [5.74, 6) is 6.09. The minimum absolute atomic E-state index is 0.618. The van der Waals surface area contributed by atoms with Crippen molar-refractivity contribution in [1.82, 2.24) is 15.1 Å². The van der Waals surface area contributed by atoms with E-state index in [9.17, 15) is 0 Å². The maximum atomic E-state index is 5.74. The van der Waals surface area contributed by atoms with Crippen molar-refractivity contribution in [3.05, 3.63) is 35.5 Å². The Balaban J connectivity index is 2.19. The van der Waals surface area contributed by atoms with Crippen LogP contribution in [0.4, 0.5) is 11.5 Å². The number of hydrogen-bond acceptors (Lipinski definition) is 4. The van der Waals surface area contributed by atoms with Crippen molar-refractivity contribution >= 4 is 23.1 Å². The molecule has 1 heterocycles. The molecule has 0 spiro atoms. The summed E-state index contributed by atoms with van der Waals surface area (Å²) >= 11 is 5.74. The second kappa shape index (κ2) is 3.55. The van der Waals surface area contributed by atoms with Gasteiger partial charge in [-0.15, -0.1) is 9.89 Å². The first kappa shape index (κ1) is 8.83. The average Bonchev–Trinajstić information content (AvgIpc) is 2.56. The quantitative estimate of drug-likeness (QED) is 0.734. The number of benzene rings is 1. The molecule has 14 heavy (non-hydrogen) atoms. The number of nitrogens with one attached hydrogen (secondary N) is 1. The van der Waals surface area contributed by atoms with Crippen molar-refractivity contribution in [2.24, 2.45) is 0 Å². The van der Waals surface area contributed by atoms with Gasteiger partial charge < -0.3 is 11.2 Å². The molecule has 0 aliphatic rings. The minimum Gasteiger partial charge on any atom is -0.337 e. The lowest BCUT2D eigenvalue weighted by Crippen LogP contribution is -2.13. The van der Waals surface area contributed by atoms with Gasteiger partial charge in [-0.25, -0.2) is 0 Å². The first-order valence-electron chi connectivity index (χ1n) is 3.94. The van der Waals surface area contributed by atoms with Crippen LogP contribution in [0.5, 0.6) is 0 Å². The highest BCUT2D eigenvalue weighted by Gasteiger charge is 1.99. The number of rotatable bonds is 2. The zero-order valence-electron chi connectivity index (χ0n) is 7.18. The normalized spacial score (nSPS) is 10.1. The van der Waals surface area contributed by atoms with E-state index >= 15 is 0 Å². The maximum absolute atomic E-state index is 5.74. The number of nitrogens with zero attached hydrogens (tertiary/aromatic N) is 3. The molecule has 2 rings (SSSR count). The van der Waals surface area contributed by atoms with Crippen LogP contribution in [0.25, 0.3) is 0 Å². The topological polar surface area (TPSA) is 68.8 Å². The number of aromatic nitrogens is 3. The molecule has 5 nitrogen and oxygen atoms in total. The Bertz CT molecular complexity index is 422. The zero-order chi connectivity index (χ0) is 9.97. The molecule has 3 N–H and O–H groups in total. The third kappa shape index (κ3) is 1.77. The van der Waals surface area contributed by atoms with Crippen LogP contribution in [0, 0.1) is 0 Å². The van der Waals surface area contributed by atoms with Gasteiger partial charge in [0.05, 0.1) is 6.20 Å². The summed E-state index contributed by atoms with van der Waals surface area (Å²) in [6.07, 6.45) is 1.54. The highest BCUT2D eigenvalue weighted by molar-refractivity contribution is 6.30. The first-order valence-corrected chi connectivity index (χ1v) is 4.32. The summed E-state index contributed by atoms with van der Waals surface area (Å²) < 4.78 is 0. The van der Waals surface area contributed by atoms with Crippen LogP contribution in [0.1, 0.15) is 0 Å². The number of anilines is 2. The molecule has 0 aliphatic heterocycles. The van der Waals surface area contributed by atoms with Gasteiger partial charge in [0.25, 0.3) is 0 Å². The molecule has 0 amide bonds. The van der Waals surface area contributed by atoms with Gasteiger partial charge in [-0.1, -0.05) is 11.6 Å². The van der Waals surface area contributed by atoms with E-state index in [0.29, 0.717) is 10.8 Å². The van der Waals surface area contributed by atoms with Crippen LogP contribution in [0.3, 0.4) is 0 Å². The molecule has 0 atom stereocenters. The summed E-state index contributed by atoms with van der Waals surface area (Å²) in [5.41, 5.74) is 0.878. The second-order valence-electron chi connectivity index (χ2n) is 2.70. The second-order valence-corrected chi connectivity index (χ2v) is 3.13. The standard InChI is InChI=1S/C8H8ClN5/c9-6-1-3-7(4-2-6)12-8-5-11-13-14(8)10/h1-5,12H,10H2. The van der Waals surface area contributed by atoms with Gasteiger partial charge in [-0.3, -0.25) is 0 Å². The fourth-order valence-electron chi connectivity index (χ4n) is 1.01. The van der Waals surface area contributed by atoms with Crippen LogP contribution in [-0.4, -0.2) is 15.1 Å². The lowest BCUT2D eigenvalue weighted by Gasteiger charge is -2.04. The van der Waals surface area contributed by atoms with E-state index in [1.165, 1.54) is 6.20 Å². The molecule has 0 aliphatic carbocycles. The van der Waals surface area contributed by atoms with Crippen molar-refractivity contribution in [2.75, 3.05) is 11.2 Å². The van der Waals surface area contributed by atoms with Gasteiger partial charge in [0.15, 0.2) is 5.82 Å². The molecular weight excluding hydrogens is 202 g/mol. The Morgan fingerprint density at radius 2 is 2.00 bits per heavy atom. The lowest BCUT2D eigenvalue weighted by molar-refractivity contribution is 0.771. The molecule has 1 aromatic carbocycles. The fourth-order valence-corrected chi connectivity index (χ4v) is 1.14. The molecule has 0 bridgehead atoms. The average molecular weight is 210 g/mol. The number of nitrogens with two attached hydrogens (primary N) is 1. The largest absolute Gasteiger partial charge is 0.337 e. The Kier molecular flexibility index (Phi) is 2.24. The van der Waals surface area contributed by atoms with Gasteiger partial charge in [-0.2, -0.15) is 0 Å². The van der Waals surface area contributed by atoms with Gasteiger partial charge in [0, 0.05) is 10.7 Å². The van der Waals surface area contributed by atoms with Gasteiger partial charge in [0.1, 0.15) is 0 Å². The molecule has 0 unspecified atom stereocenters. The molecule has 0 saturated carbocycles. The van der Waals surface area contributed by atoms with Crippen molar-refractivity contribution in [3.8, 4) is 0 Å². The number of halogens is 1.